The van der Waals surface area contributed by atoms with E-state index < -0.39 is 0 Å². The van der Waals surface area contributed by atoms with Gasteiger partial charge >= 0.3 is 0 Å². The molecule has 1 atom stereocenters. The zero-order chi connectivity index (χ0) is 21.3. The number of hydrogen-bond acceptors (Lipinski definition) is 6. The van der Waals surface area contributed by atoms with Crippen molar-refractivity contribution in [3.05, 3.63) is 53.6 Å². The van der Waals surface area contributed by atoms with Crippen molar-refractivity contribution >= 4 is 35.0 Å². The summed E-state index contributed by atoms with van der Waals surface area (Å²) in [5.74, 6) is -0.0546. The molecule has 0 unspecified atom stereocenters. The van der Waals surface area contributed by atoms with Crippen molar-refractivity contribution in [2.24, 2.45) is 0 Å². The molecule has 0 spiro atoms. The minimum Gasteiger partial charge on any atom is -0.324 e. The Morgan fingerprint density at radius 3 is 2.70 bits per heavy atom. The predicted molar refractivity (Wildman–Crippen MR) is 116 cm³/mol. The smallest absolute Gasteiger partial charge is 0.237 e. The van der Waals surface area contributed by atoms with E-state index in [0.717, 1.165) is 16.8 Å². The summed E-state index contributed by atoms with van der Waals surface area (Å²) in [6.45, 7) is 5.92. The Labute approximate surface area is 178 Å². The molecule has 30 heavy (non-hydrogen) atoms. The van der Waals surface area contributed by atoms with Crippen molar-refractivity contribution in [1.29, 1.82) is 0 Å². The fourth-order valence-corrected chi connectivity index (χ4v) is 4.42. The maximum Gasteiger partial charge on any atom is 0.237 e. The number of rotatable bonds is 4. The minimum atomic E-state index is -0.253. The highest BCUT2D eigenvalue weighted by atomic mass is 32.2. The molecule has 2 amide bonds. The summed E-state index contributed by atoms with van der Waals surface area (Å²) < 4.78 is 1.64. The molecule has 154 valence electrons. The number of carbonyl (C=O) groups is 2. The molecule has 2 heterocycles. The third kappa shape index (κ3) is 4.06. The topological polar surface area (TPSA) is 93.0 Å². The second-order valence-corrected chi connectivity index (χ2v) is 8.33. The van der Waals surface area contributed by atoms with Gasteiger partial charge in [0.05, 0.1) is 22.8 Å². The summed E-state index contributed by atoms with van der Waals surface area (Å²) in [4.78, 5) is 27.0. The lowest BCUT2D eigenvalue weighted by Gasteiger charge is -2.27. The third-order valence-electron chi connectivity index (χ3n) is 4.84. The van der Waals surface area contributed by atoms with Crippen molar-refractivity contribution in [1.82, 2.24) is 20.2 Å². The van der Waals surface area contributed by atoms with E-state index in [9.17, 15) is 9.59 Å². The fourth-order valence-electron chi connectivity index (χ4n) is 3.67. The van der Waals surface area contributed by atoms with Crippen molar-refractivity contribution < 1.29 is 9.59 Å². The van der Waals surface area contributed by atoms with E-state index in [-0.39, 0.29) is 30.0 Å². The van der Waals surface area contributed by atoms with E-state index in [1.54, 1.807) is 15.6 Å². The summed E-state index contributed by atoms with van der Waals surface area (Å²) in [6.07, 6.45) is 0.241. The number of aryl methyl sites for hydroxylation is 2. The number of nitrogens with one attached hydrogen (secondary N) is 1. The predicted octanol–water partition coefficient (Wildman–Crippen LogP) is 3.14. The van der Waals surface area contributed by atoms with Gasteiger partial charge in [0.1, 0.15) is 0 Å². The molecular formula is C21H22N6O2S. The summed E-state index contributed by atoms with van der Waals surface area (Å²) in [5.41, 5.74) is 4.43. The quantitative estimate of drug-likeness (QED) is 0.650. The first-order valence-corrected chi connectivity index (χ1v) is 10.6. The molecule has 2 aromatic carbocycles. The van der Waals surface area contributed by atoms with E-state index >= 15 is 0 Å². The number of nitrogens with zero attached hydrogens (tertiary/aromatic N) is 5. The van der Waals surface area contributed by atoms with Crippen LogP contribution in [0.5, 0.6) is 0 Å². The highest BCUT2D eigenvalue weighted by Crippen LogP contribution is 2.32. The normalized spacial score (nSPS) is 16.0. The lowest BCUT2D eigenvalue weighted by atomic mass is 10.1. The van der Waals surface area contributed by atoms with Gasteiger partial charge in [-0.25, -0.2) is 0 Å². The van der Waals surface area contributed by atoms with E-state index in [1.807, 2.05) is 51.1 Å². The van der Waals surface area contributed by atoms with Crippen LogP contribution in [0.3, 0.4) is 0 Å². The molecule has 1 aliphatic rings. The van der Waals surface area contributed by atoms with Gasteiger partial charge in [-0.1, -0.05) is 30.0 Å². The zero-order valence-electron chi connectivity index (χ0n) is 17.0. The van der Waals surface area contributed by atoms with Crippen molar-refractivity contribution in [3.8, 4) is 5.69 Å². The Balaban J connectivity index is 1.56. The number of hydrogen-bond donors (Lipinski definition) is 1. The van der Waals surface area contributed by atoms with Crippen LogP contribution in [0.2, 0.25) is 0 Å². The van der Waals surface area contributed by atoms with E-state index in [1.165, 1.54) is 11.8 Å². The number of carbonyl (C=O) groups excluding carboxylic acids is 2. The standard InChI is InChI=1S/C21H22N6O2S/c1-13-8-14(2)10-16(9-13)27-21(23-24-25-27)30-12-20(29)26-15(3)11-19(28)22-17-6-4-5-7-18(17)26/h4-10,15H,11-12H2,1-3H3,(H,22,28)/t15-/m0/s1. The Hall–Kier alpha value is -3.20. The van der Waals surface area contributed by atoms with Gasteiger partial charge in [-0.3, -0.25) is 9.59 Å². The van der Waals surface area contributed by atoms with Gasteiger partial charge in [0.15, 0.2) is 0 Å². The maximum absolute atomic E-state index is 13.2. The maximum atomic E-state index is 13.2. The van der Waals surface area contributed by atoms with Gasteiger partial charge in [-0.2, -0.15) is 4.68 Å². The van der Waals surface area contributed by atoms with Gasteiger partial charge < -0.3 is 10.2 Å². The average molecular weight is 423 g/mol. The van der Waals surface area contributed by atoms with E-state index in [0.29, 0.717) is 16.5 Å². The first kappa shape index (κ1) is 20.1. The van der Waals surface area contributed by atoms with Gasteiger partial charge in [0.25, 0.3) is 0 Å². The van der Waals surface area contributed by atoms with E-state index in [2.05, 4.69) is 26.9 Å². The number of amides is 2. The van der Waals surface area contributed by atoms with Gasteiger partial charge in [-0.05, 0) is 66.6 Å². The highest BCUT2D eigenvalue weighted by Gasteiger charge is 2.29. The monoisotopic (exact) mass is 422 g/mol. The Morgan fingerprint density at radius 1 is 1.20 bits per heavy atom. The zero-order valence-corrected chi connectivity index (χ0v) is 17.8. The summed E-state index contributed by atoms with van der Waals surface area (Å²) >= 11 is 1.28. The van der Waals surface area contributed by atoms with Crippen LogP contribution in [0.1, 0.15) is 24.5 Å². The number of thioether (sulfide) groups is 1. The molecule has 9 heteroatoms. The Kier molecular flexibility index (Phi) is 5.54. The SMILES string of the molecule is Cc1cc(C)cc(-n2nnnc2SCC(=O)N2c3ccccc3NC(=O)C[C@@H]2C)c1. The van der Waals surface area contributed by atoms with Gasteiger partial charge in [0, 0.05) is 12.5 Å². The summed E-state index contributed by atoms with van der Waals surface area (Å²) in [5, 5.41) is 15.4. The number of tetrazole rings is 1. The fraction of sp³-hybridized carbons (Fsp3) is 0.286. The molecule has 1 N–H and O–H groups in total. The highest BCUT2D eigenvalue weighted by molar-refractivity contribution is 7.99. The molecule has 1 aromatic heterocycles. The molecule has 0 bridgehead atoms. The van der Waals surface area contributed by atoms with Crippen molar-refractivity contribution in [2.45, 2.75) is 38.4 Å². The van der Waals surface area contributed by atoms with Crippen LogP contribution in [0.15, 0.2) is 47.6 Å². The molecule has 0 saturated carbocycles. The number of aromatic nitrogens is 4. The van der Waals surface area contributed by atoms with Crippen molar-refractivity contribution in [2.75, 3.05) is 16.0 Å². The van der Waals surface area contributed by atoms with Crippen molar-refractivity contribution in [3.63, 3.8) is 0 Å². The summed E-state index contributed by atoms with van der Waals surface area (Å²) in [7, 11) is 0. The molecule has 0 fully saturated rings. The van der Waals surface area contributed by atoms with Crippen LogP contribution >= 0.6 is 11.8 Å². The average Bonchev–Trinajstić information content (AvgIpc) is 3.10. The summed E-state index contributed by atoms with van der Waals surface area (Å²) in [6, 6.07) is 13.2. The Morgan fingerprint density at radius 2 is 1.93 bits per heavy atom. The van der Waals surface area contributed by atoms with Crippen LogP contribution in [-0.2, 0) is 9.59 Å². The van der Waals surface area contributed by atoms with Crippen LogP contribution in [0.4, 0.5) is 11.4 Å². The van der Waals surface area contributed by atoms with Crippen LogP contribution in [0, 0.1) is 13.8 Å². The molecule has 0 radical (unpaired) electrons. The molecule has 3 aromatic rings. The lowest BCUT2D eigenvalue weighted by molar-refractivity contribution is -0.117. The molecule has 0 saturated heterocycles. The first-order chi connectivity index (χ1) is 14.4. The molecule has 8 nitrogen and oxygen atoms in total. The second-order valence-electron chi connectivity index (χ2n) is 7.39. The van der Waals surface area contributed by atoms with Crippen LogP contribution in [0.25, 0.3) is 5.69 Å². The second kappa shape index (κ2) is 8.27. The van der Waals surface area contributed by atoms with Crippen LogP contribution < -0.4 is 10.2 Å². The molecule has 4 rings (SSSR count). The number of benzene rings is 2. The molecule has 0 aliphatic carbocycles. The van der Waals surface area contributed by atoms with Crippen LogP contribution in [-0.4, -0.2) is 43.8 Å². The molecular weight excluding hydrogens is 400 g/mol. The minimum absolute atomic E-state index is 0.100. The Bertz CT molecular complexity index is 1090. The molecule has 1 aliphatic heterocycles. The van der Waals surface area contributed by atoms with Gasteiger partial charge in [-0.15, -0.1) is 5.10 Å². The first-order valence-electron chi connectivity index (χ1n) is 9.63. The third-order valence-corrected chi connectivity index (χ3v) is 5.75. The number of para-hydroxylation sites is 2. The largest absolute Gasteiger partial charge is 0.324 e. The van der Waals surface area contributed by atoms with E-state index in [4.69, 9.17) is 0 Å². The number of fused-ring (bicyclic) bond motifs is 1. The lowest BCUT2D eigenvalue weighted by Crippen LogP contribution is -2.40. The number of anilines is 2. The van der Waals surface area contributed by atoms with Gasteiger partial charge in [0.2, 0.25) is 17.0 Å².